The zero-order valence-corrected chi connectivity index (χ0v) is 17.6. The third kappa shape index (κ3) is 4.20. The molecule has 0 aliphatic heterocycles. The van der Waals surface area contributed by atoms with Gasteiger partial charge in [0.1, 0.15) is 23.6 Å². The Morgan fingerprint density at radius 1 is 0.774 bits per heavy atom. The number of anilines is 2. The van der Waals surface area contributed by atoms with Crippen molar-refractivity contribution < 1.29 is 9.47 Å². The molecule has 0 radical (unpaired) electrons. The van der Waals surface area contributed by atoms with Gasteiger partial charge in [0, 0.05) is 16.6 Å². The fraction of sp³-hybridized carbons (Fsp3) is 0.0400. The largest absolute Gasteiger partial charge is 0.497 e. The Morgan fingerprint density at radius 3 is 2.35 bits per heavy atom. The maximum atomic E-state index is 5.89. The van der Waals surface area contributed by atoms with Crippen molar-refractivity contribution in [2.45, 2.75) is 0 Å². The summed E-state index contributed by atoms with van der Waals surface area (Å²) in [6.07, 6.45) is 1.58. The molecule has 152 valence electrons. The fourth-order valence-electron chi connectivity index (χ4n) is 3.24. The van der Waals surface area contributed by atoms with E-state index in [1.54, 1.807) is 24.8 Å². The molecule has 0 amide bonds. The molecule has 0 unspecified atom stereocenters. The van der Waals surface area contributed by atoms with Crippen LogP contribution in [0, 0.1) is 0 Å². The predicted octanol–water partition coefficient (Wildman–Crippen LogP) is 6.90. The number of ether oxygens (including phenoxy) is 2. The van der Waals surface area contributed by atoms with Crippen molar-refractivity contribution in [1.82, 2.24) is 9.97 Å². The summed E-state index contributed by atoms with van der Waals surface area (Å²) in [5.74, 6) is 3.19. The van der Waals surface area contributed by atoms with Gasteiger partial charge in [0.05, 0.1) is 17.3 Å². The number of nitrogens with one attached hydrogen (secondary N) is 1. The lowest BCUT2D eigenvalue weighted by atomic mass is 10.2. The molecule has 0 fully saturated rings. The maximum Gasteiger partial charge on any atom is 0.151 e. The van der Waals surface area contributed by atoms with Crippen LogP contribution in [0.1, 0.15) is 0 Å². The number of methoxy groups -OCH3 is 1. The number of thiophene rings is 1. The molecule has 0 aliphatic rings. The van der Waals surface area contributed by atoms with Crippen LogP contribution < -0.4 is 14.8 Å². The van der Waals surface area contributed by atoms with Crippen LogP contribution >= 0.6 is 11.3 Å². The first kappa shape index (κ1) is 19.1. The highest BCUT2D eigenvalue weighted by atomic mass is 32.1. The van der Waals surface area contributed by atoms with E-state index in [2.05, 4.69) is 33.5 Å². The predicted molar refractivity (Wildman–Crippen MR) is 126 cm³/mol. The monoisotopic (exact) mass is 425 g/mol. The van der Waals surface area contributed by atoms with Crippen LogP contribution in [0.5, 0.6) is 17.2 Å². The first-order valence-corrected chi connectivity index (χ1v) is 10.6. The Morgan fingerprint density at radius 2 is 1.55 bits per heavy atom. The summed E-state index contributed by atoms with van der Waals surface area (Å²) in [6.45, 7) is 0. The first-order chi connectivity index (χ1) is 15.3. The summed E-state index contributed by atoms with van der Waals surface area (Å²) < 4.78 is 12.2. The van der Waals surface area contributed by atoms with Crippen LogP contribution in [0.15, 0.2) is 91.3 Å². The van der Waals surface area contributed by atoms with Crippen LogP contribution in [-0.4, -0.2) is 17.1 Å². The summed E-state index contributed by atoms with van der Waals surface area (Å²) in [5, 5.41) is 3.38. The third-order valence-electron chi connectivity index (χ3n) is 4.76. The van der Waals surface area contributed by atoms with Gasteiger partial charge in [-0.15, -0.1) is 11.3 Å². The highest BCUT2D eigenvalue weighted by Crippen LogP contribution is 2.37. The Labute approximate surface area is 184 Å². The molecule has 31 heavy (non-hydrogen) atoms. The summed E-state index contributed by atoms with van der Waals surface area (Å²) in [4.78, 5) is 10.0. The van der Waals surface area contributed by atoms with Gasteiger partial charge in [-0.2, -0.15) is 0 Å². The molecule has 6 heteroatoms. The van der Waals surface area contributed by atoms with Crippen LogP contribution in [0.4, 0.5) is 11.5 Å². The van der Waals surface area contributed by atoms with E-state index < -0.39 is 0 Å². The molecule has 0 atom stereocenters. The molecular weight excluding hydrogens is 406 g/mol. The van der Waals surface area contributed by atoms with Gasteiger partial charge in [-0.3, -0.25) is 0 Å². The van der Waals surface area contributed by atoms with Crippen molar-refractivity contribution in [2.24, 2.45) is 0 Å². The summed E-state index contributed by atoms with van der Waals surface area (Å²) in [7, 11) is 1.66. The minimum atomic E-state index is 0.776. The lowest BCUT2D eigenvalue weighted by Gasteiger charge is -2.07. The van der Waals surface area contributed by atoms with E-state index in [9.17, 15) is 0 Å². The second-order valence-electron chi connectivity index (χ2n) is 6.84. The average Bonchev–Trinajstić information content (AvgIpc) is 3.26. The first-order valence-electron chi connectivity index (χ1n) is 9.77. The quantitative estimate of drug-likeness (QED) is 0.321. The second kappa shape index (κ2) is 8.45. The van der Waals surface area contributed by atoms with Crippen molar-refractivity contribution in [1.29, 1.82) is 0 Å². The highest BCUT2D eigenvalue weighted by Gasteiger charge is 2.11. The lowest BCUT2D eigenvalue weighted by Crippen LogP contribution is -1.94. The maximum absolute atomic E-state index is 5.89. The smallest absolute Gasteiger partial charge is 0.151 e. The van der Waals surface area contributed by atoms with Crippen molar-refractivity contribution in [3.8, 4) is 27.7 Å². The van der Waals surface area contributed by atoms with E-state index in [4.69, 9.17) is 9.47 Å². The standard InChI is InChI=1S/C25H19N3O2S/c1-29-21-9-5-6-18(14-21)28-25-24-22(26-16-27-25)15-23(31-24)17-10-12-20(13-11-17)30-19-7-3-2-4-8-19/h2-16H,1H3,(H,26,27,28). The van der Waals surface area contributed by atoms with Crippen LogP contribution in [0.2, 0.25) is 0 Å². The summed E-state index contributed by atoms with van der Waals surface area (Å²) >= 11 is 1.66. The topological polar surface area (TPSA) is 56.3 Å². The molecule has 5 aromatic rings. The van der Waals surface area contributed by atoms with E-state index in [0.29, 0.717) is 0 Å². The van der Waals surface area contributed by atoms with Gasteiger partial charge >= 0.3 is 0 Å². The van der Waals surface area contributed by atoms with Gasteiger partial charge in [-0.05, 0) is 60.2 Å². The van der Waals surface area contributed by atoms with Gasteiger partial charge in [-0.25, -0.2) is 9.97 Å². The Hall–Kier alpha value is -3.90. The Kier molecular flexibility index (Phi) is 5.21. The van der Waals surface area contributed by atoms with Crippen molar-refractivity contribution in [3.05, 3.63) is 91.3 Å². The minimum absolute atomic E-state index is 0.776. The van der Waals surface area contributed by atoms with E-state index in [-0.39, 0.29) is 0 Å². The molecule has 5 rings (SSSR count). The molecule has 0 bridgehead atoms. The molecule has 2 heterocycles. The zero-order valence-electron chi connectivity index (χ0n) is 16.8. The van der Waals surface area contributed by atoms with Gasteiger partial charge < -0.3 is 14.8 Å². The molecule has 2 aromatic heterocycles. The van der Waals surface area contributed by atoms with E-state index >= 15 is 0 Å². The van der Waals surface area contributed by atoms with Crippen molar-refractivity contribution in [2.75, 3.05) is 12.4 Å². The molecule has 0 spiro atoms. The van der Waals surface area contributed by atoms with E-state index in [0.717, 1.165) is 49.4 Å². The van der Waals surface area contributed by atoms with Crippen molar-refractivity contribution in [3.63, 3.8) is 0 Å². The van der Waals surface area contributed by atoms with Crippen molar-refractivity contribution >= 4 is 33.1 Å². The summed E-state index contributed by atoms with van der Waals surface area (Å²) in [5.41, 5.74) is 2.93. The average molecular weight is 426 g/mol. The minimum Gasteiger partial charge on any atom is -0.497 e. The highest BCUT2D eigenvalue weighted by molar-refractivity contribution is 7.22. The number of hydrogen-bond acceptors (Lipinski definition) is 6. The molecule has 0 saturated heterocycles. The normalized spacial score (nSPS) is 10.7. The molecule has 3 aromatic carbocycles. The number of para-hydroxylation sites is 1. The van der Waals surface area contributed by atoms with Gasteiger partial charge in [0.15, 0.2) is 5.82 Å². The molecule has 0 saturated carbocycles. The zero-order chi connectivity index (χ0) is 21.0. The van der Waals surface area contributed by atoms with Gasteiger partial charge in [0.2, 0.25) is 0 Å². The number of hydrogen-bond donors (Lipinski definition) is 1. The summed E-state index contributed by atoms with van der Waals surface area (Å²) in [6, 6.07) is 27.7. The number of benzene rings is 3. The molecule has 0 aliphatic carbocycles. The second-order valence-corrected chi connectivity index (χ2v) is 7.90. The van der Waals surface area contributed by atoms with Crippen LogP contribution in [0.3, 0.4) is 0 Å². The van der Waals surface area contributed by atoms with Crippen LogP contribution in [0.25, 0.3) is 20.7 Å². The molecule has 5 nitrogen and oxygen atoms in total. The number of fused-ring (bicyclic) bond motifs is 1. The SMILES string of the molecule is COc1cccc(Nc2ncnc3cc(-c4ccc(Oc5ccccc5)cc4)sc23)c1. The number of aromatic nitrogens is 2. The van der Waals surface area contributed by atoms with Gasteiger partial charge in [0.25, 0.3) is 0 Å². The third-order valence-corrected chi connectivity index (χ3v) is 5.94. The Bertz CT molecular complexity index is 1320. The Balaban J connectivity index is 1.41. The fourth-order valence-corrected chi connectivity index (χ4v) is 4.30. The number of nitrogens with zero attached hydrogens (tertiary/aromatic N) is 2. The van der Waals surface area contributed by atoms with E-state index in [1.807, 2.05) is 66.7 Å². The van der Waals surface area contributed by atoms with E-state index in [1.165, 1.54) is 0 Å². The van der Waals surface area contributed by atoms with Crippen LogP contribution in [-0.2, 0) is 0 Å². The molecule has 1 N–H and O–H groups in total. The van der Waals surface area contributed by atoms with Gasteiger partial charge in [-0.1, -0.05) is 24.3 Å². The number of rotatable bonds is 6. The lowest BCUT2D eigenvalue weighted by molar-refractivity contribution is 0.415. The molecular formula is C25H19N3O2S.